The largest absolute Gasteiger partial charge is 0.244 e. The van der Waals surface area contributed by atoms with E-state index in [0.717, 1.165) is 17.2 Å². The second kappa shape index (κ2) is 6.95. The molecule has 122 valence electrons. The molecule has 0 bridgehead atoms. The van der Waals surface area contributed by atoms with E-state index < -0.39 is 21.9 Å². The average Bonchev–Trinajstić information content (AvgIpc) is 2.61. The van der Waals surface area contributed by atoms with Crippen LogP contribution < -0.4 is 4.72 Å². The Balaban J connectivity index is 2.03. The van der Waals surface area contributed by atoms with E-state index in [4.69, 9.17) is 0 Å². The first-order chi connectivity index (χ1) is 11.6. The van der Waals surface area contributed by atoms with Crippen LogP contribution in [0.2, 0.25) is 0 Å². The van der Waals surface area contributed by atoms with Gasteiger partial charge in [0.1, 0.15) is 10.7 Å². The molecule has 0 amide bonds. The van der Waals surface area contributed by atoms with Crippen LogP contribution in [-0.4, -0.2) is 8.42 Å². The molecule has 0 aliphatic heterocycles. The van der Waals surface area contributed by atoms with Gasteiger partial charge in [-0.05, 0) is 23.3 Å². The van der Waals surface area contributed by atoms with Crippen LogP contribution in [0.1, 0.15) is 17.2 Å². The van der Waals surface area contributed by atoms with Crippen molar-refractivity contribution in [2.75, 3.05) is 0 Å². The highest BCUT2D eigenvalue weighted by molar-refractivity contribution is 7.89. The van der Waals surface area contributed by atoms with Crippen molar-refractivity contribution < 1.29 is 12.8 Å². The van der Waals surface area contributed by atoms with Crippen molar-refractivity contribution in [3.8, 4) is 0 Å². The molecular weight excluding hydrogens is 325 g/mol. The number of nitrogens with one attached hydrogen (secondary N) is 1. The number of halogens is 1. The van der Waals surface area contributed by atoms with Crippen LogP contribution in [0.3, 0.4) is 0 Å². The highest BCUT2D eigenvalue weighted by atomic mass is 32.2. The highest BCUT2D eigenvalue weighted by Crippen LogP contribution is 2.25. The zero-order valence-corrected chi connectivity index (χ0v) is 13.6. The van der Waals surface area contributed by atoms with Crippen molar-refractivity contribution >= 4 is 10.0 Å². The summed E-state index contributed by atoms with van der Waals surface area (Å²) in [4.78, 5) is -0.359. The molecule has 0 aromatic heterocycles. The smallest absolute Gasteiger partial charge is 0.207 e. The Labute approximate surface area is 140 Å². The van der Waals surface area contributed by atoms with Gasteiger partial charge in [-0.25, -0.2) is 12.8 Å². The molecule has 5 heteroatoms. The number of sulfonamides is 1. The molecule has 0 aliphatic rings. The summed E-state index contributed by atoms with van der Waals surface area (Å²) in [6.45, 7) is 0. The molecule has 24 heavy (non-hydrogen) atoms. The molecule has 0 saturated carbocycles. The first kappa shape index (κ1) is 16.4. The van der Waals surface area contributed by atoms with Crippen LogP contribution in [0.15, 0.2) is 89.8 Å². The Hall–Kier alpha value is -2.50. The summed E-state index contributed by atoms with van der Waals surface area (Å²) in [5, 5.41) is 0. The zero-order chi connectivity index (χ0) is 17.0. The molecule has 0 saturated heterocycles. The Morgan fingerprint density at radius 2 is 1.17 bits per heavy atom. The van der Waals surface area contributed by atoms with E-state index in [1.165, 1.54) is 18.2 Å². The molecule has 0 radical (unpaired) electrons. The molecule has 3 nitrogen and oxygen atoms in total. The van der Waals surface area contributed by atoms with Crippen molar-refractivity contribution in [1.82, 2.24) is 4.72 Å². The lowest BCUT2D eigenvalue weighted by molar-refractivity contribution is 0.550. The topological polar surface area (TPSA) is 46.2 Å². The summed E-state index contributed by atoms with van der Waals surface area (Å²) in [6.07, 6.45) is 0. The quantitative estimate of drug-likeness (QED) is 0.765. The predicted octanol–water partition coefficient (Wildman–Crippen LogP) is 3.89. The monoisotopic (exact) mass is 341 g/mol. The SMILES string of the molecule is O=S(=O)(NC(c1ccccc1)c1ccccc1)c1ccccc1F. The summed E-state index contributed by atoms with van der Waals surface area (Å²) in [5.41, 5.74) is 1.56. The maximum absolute atomic E-state index is 13.9. The Kier molecular flexibility index (Phi) is 4.74. The summed E-state index contributed by atoms with van der Waals surface area (Å²) >= 11 is 0. The molecule has 0 spiro atoms. The second-order valence-electron chi connectivity index (χ2n) is 5.31. The van der Waals surface area contributed by atoms with Gasteiger partial charge < -0.3 is 0 Å². The van der Waals surface area contributed by atoms with Gasteiger partial charge in [-0.2, -0.15) is 4.72 Å². The Morgan fingerprint density at radius 1 is 0.708 bits per heavy atom. The van der Waals surface area contributed by atoms with Crippen molar-refractivity contribution in [2.45, 2.75) is 10.9 Å². The number of rotatable bonds is 5. The molecule has 0 aliphatic carbocycles. The van der Waals surface area contributed by atoms with Gasteiger partial charge in [-0.3, -0.25) is 0 Å². The summed E-state index contributed by atoms with van der Waals surface area (Å²) in [7, 11) is -4.01. The van der Waals surface area contributed by atoms with E-state index in [1.54, 1.807) is 0 Å². The van der Waals surface area contributed by atoms with Crippen LogP contribution >= 0.6 is 0 Å². The van der Waals surface area contributed by atoms with E-state index >= 15 is 0 Å². The van der Waals surface area contributed by atoms with Crippen LogP contribution in [0.5, 0.6) is 0 Å². The van der Waals surface area contributed by atoms with Crippen molar-refractivity contribution in [3.05, 3.63) is 102 Å². The predicted molar refractivity (Wildman–Crippen MR) is 91.4 cm³/mol. The van der Waals surface area contributed by atoms with Gasteiger partial charge in [0.05, 0.1) is 6.04 Å². The lowest BCUT2D eigenvalue weighted by Gasteiger charge is -2.20. The third kappa shape index (κ3) is 3.53. The first-order valence-corrected chi connectivity index (χ1v) is 8.93. The molecule has 0 unspecified atom stereocenters. The summed E-state index contributed by atoms with van der Waals surface area (Å²) < 4.78 is 41.9. The minimum atomic E-state index is -4.01. The average molecular weight is 341 g/mol. The fraction of sp³-hybridized carbons (Fsp3) is 0.0526. The maximum atomic E-state index is 13.9. The molecule has 0 heterocycles. The fourth-order valence-electron chi connectivity index (χ4n) is 2.50. The first-order valence-electron chi connectivity index (χ1n) is 7.45. The third-order valence-electron chi connectivity index (χ3n) is 3.66. The Morgan fingerprint density at radius 3 is 1.67 bits per heavy atom. The van der Waals surface area contributed by atoms with Crippen molar-refractivity contribution in [2.24, 2.45) is 0 Å². The zero-order valence-electron chi connectivity index (χ0n) is 12.8. The molecule has 1 N–H and O–H groups in total. The normalized spacial score (nSPS) is 11.6. The molecule has 3 rings (SSSR count). The van der Waals surface area contributed by atoms with E-state index in [1.807, 2.05) is 60.7 Å². The minimum absolute atomic E-state index is 0.359. The molecule has 0 fully saturated rings. The summed E-state index contributed by atoms with van der Waals surface area (Å²) in [5.74, 6) is -0.773. The van der Waals surface area contributed by atoms with Gasteiger partial charge in [0.25, 0.3) is 0 Å². The number of hydrogen-bond acceptors (Lipinski definition) is 2. The fourth-order valence-corrected chi connectivity index (χ4v) is 3.79. The van der Waals surface area contributed by atoms with E-state index in [-0.39, 0.29) is 4.90 Å². The van der Waals surface area contributed by atoms with E-state index in [9.17, 15) is 12.8 Å². The maximum Gasteiger partial charge on any atom is 0.244 e. The number of benzene rings is 3. The van der Waals surface area contributed by atoms with Crippen molar-refractivity contribution in [1.29, 1.82) is 0 Å². The van der Waals surface area contributed by atoms with Gasteiger partial charge in [-0.15, -0.1) is 0 Å². The third-order valence-corrected chi connectivity index (χ3v) is 5.12. The molecule has 0 atom stereocenters. The van der Waals surface area contributed by atoms with Crippen molar-refractivity contribution in [3.63, 3.8) is 0 Å². The lowest BCUT2D eigenvalue weighted by Crippen LogP contribution is -2.30. The second-order valence-corrected chi connectivity index (χ2v) is 6.99. The van der Waals surface area contributed by atoms with Gasteiger partial charge in [0.2, 0.25) is 10.0 Å². The van der Waals surface area contributed by atoms with Gasteiger partial charge in [0.15, 0.2) is 0 Å². The van der Waals surface area contributed by atoms with Crippen LogP contribution in [0, 0.1) is 5.82 Å². The number of hydrogen-bond donors (Lipinski definition) is 1. The standard InChI is InChI=1S/C19H16FNO2S/c20-17-13-7-8-14-18(17)24(22,23)21-19(15-9-3-1-4-10-15)16-11-5-2-6-12-16/h1-14,19,21H. The van der Waals surface area contributed by atoms with Crippen LogP contribution in [-0.2, 0) is 10.0 Å². The molecule has 3 aromatic carbocycles. The lowest BCUT2D eigenvalue weighted by atomic mass is 10.00. The Bertz CT molecular complexity index is 873. The van der Waals surface area contributed by atoms with E-state index in [2.05, 4.69) is 4.72 Å². The van der Waals surface area contributed by atoms with Crippen LogP contribution in [0.4, 0.5) is 4.39 Å². The minimum Gasteiger partial charge on any atom is -0.207 e. The molecular formula is C19H16FNO2S. The van der Waals surface area contributed by atoms with Gasteiger partial charge in [0, 0.05) is 0 Å². The van der Waals surface area contributed by atoms with Gasteiger partial charge in [-0.1, -0.05) is 72.8 Å². The van der Waals surface area contributed by atoms with Crippen LogP contribution in [0.25, 0.3) is 0 Å². The van der Waals surface area contributed by atoms with E-state index in [0.29, 0.717) is 0 Å². The highest BCUT2D eigenvalue weighted by Gasteiger charge is 2.24. The molecule has 3 aromatic rings. The summed E-state index contributed by atoms with van der Waals surface area (Å²) in [6, 6.07) is 23.1. The van der Waals surface area contributed by atoms with Gasteiger partial charge >= 0.3 is 0 Å².